The van der Waals surface area contributed by atoms with E-state index in [1.54, 1.807) is 0 Å². The standard InChI is InChI=1S/C12H12ClN/c1-2-3-9-6-7-14-12-5-4-10(13)8-11(9)12/h4-8H,2-3H2,1H3. The highest BCUT2D eigenvalue weighted by atomic mass is 35.5. The molecule has 0 aliphatic heterocycles. The molecule has 1 aromatic heterocycles. The third-order valence-electron chi connectivity index (χ3n) is 2.31. The smallest absolute Gasteiger partial charge is 0.0705 e. The first-order chi connectivity index (χ1) is 6.81. The van der Waals surface area contributed by atoms with Crippen molar-refractivity contribution in [3.05, 3.63) is 41.0 Å². The van der Waals surface area contributed by atoms with E-state index < -0.39 is 0 Å². The Morgan fingerprint density at radius 2 is 2.14 bits per heavy atom. The first kappa shape index (κ1) is 9.47. The SMILES string of the molecule is CCCc1ccnc2ccc(Cl)cc12. The predicted octanol–water partition coefficient (Wildman–Crippen LogP) is 3.84. The first-order valence-corrected chi connectivity index (χ1v) is 5.22. The Balaban J connectivity index is 2.64. The van der Waals surface area contributed by atoms with Crippen LogP contribution in [0.2, 0.25) is 5.02 Å². The van der Waals surface area contributed by atoms with Gasteiger partial charge in [-0.1, -0.05) is 24.9 Å². The fourth-order valence-electron chi connectivity index (χ4n) is 1.66. The molecule has 1 nitrogen and oxygen atoms in total. The second-order valence-electron chi connectivity index (χ2n) is 3.38. The molecule has 0 aliphatic carbocycles. The largest absolute Gasteiger partial charge is 0.256 e. The summed E-state index contributed by atoms with van der Waals surface area (Å²) in [6.07, 6.45) is 4.09. The van der Waals surface area contributed by atoms with Gasteiger partial charge in [0.15, 0.2) is 0 Å². The first-order valence-electron chi connectivity index (χ1n) is 4.84. The van der Waals surface area contributed by atoms with Gasteiger partial charge in [-0.2, -0.15) is 0 Å². The summed E-state index contributed by atoms with van der Waals surface area (Å²) in [6, 6.07) is 7.92. The quantitative estimate of drug-likeness (QED) is 0.726. The summed E-state index contributed by atoms with van der Waals surface area (Å²) in [5.41, 5.74) is 2.36. The number of nitrogens with zero attached hydrogens (tertiary/aromatic N) is 1. The summed E-state index contributed by atoms with van der Waals surface area (Å²) < 4.78 is 0. The normalized spacial score (nSPS) is 10.7. The monoisotopic (exact) mass is 205 g/mol. The van der Waals surface area contributed by atoms with E-state index in [1.165, 1.54) is 10.9 Å². The van der Waals surface area contributed by atoms with E-state index in [9.17, 15) is 0 Å². The number of benzene rings is 1. The van der Waals surface area contributed by atoms with E-state index in [4.69, 9.17) is 11.6 Å². The second kappa shape index (κ2) is 3.97. The molecule has 0 spiro atoms. The number of aromatic nitrogens is 1. The van der Waals surface area contributed by atoms with Crippen LogP contribution < -0.4 is 0 Å². The second-order valence-corrected chi connectivity index (χ2v) is 3.82. The molecule has 0 radical (unpaired) electrons. The highest BCUT2D eigenvalue weighted by molar-refractivity contribution is 6.31. The molecule has 2 aromatic rings. The van der Waals surface area contributed by atoms with Gasteiger partial charge in [-0.15, -0.1) is 0 Å². The van der Waals surface area contributed by atoms with Crippen LogP contribution in [0.1, 0.15) is 18.9 Å². The van der Waals surface area contributed by atoms with Crippen LogP contribution in [-0.2, 0) is 6.42 Å². The lowest BCUT2D eigenvalue weighted by Gasteiger charge is -2.04. The van der Waals surface area contributed by atoms with Gasteiger partial charge in [-0.05, 0) is 36.2 Å². The number of pyridine rings is 1. The maximum absolute atomic E-state index is 5.96. The molecule has 14 heavy (non-hydrogen) atoms. The lowest BCUT2D eigenvalue weighted by molar-refractivity contribution is 0.928. The molecule has 0 aliphatic rings. The van der Waals surface area contributed by atoms with Crippen molar-refractivity contribution in [2.75, 3.05) is 0 Å². The van der Waals surface area contributed by atoms with Crippen LogP contribution >= 0.6 is 11.6 Å². The Morgan fingerprint density at radius 3 is 2.93 bits per heavy atom. The molecule has 72 valence electrons. The van der Waals surface area contributed by atoms with Crippen LogP contribution in [0.25, 0.3) is 10.9 Å². The Hall–Kier alpha value is -1.08. The summed E-state index contributed by atoms with van der Waals surface area (Å²) in [6.45, 7) is 2.18. The van der Waals surface area contributed by atoms with Crippen LogP contribution in [0.5, 0.6) is 0 Å². The van der Waals surface area contributed by atoms with Gasteiger partial charge in [0.25, 0.3) is 0 Å². The van der Waals surface area contributed by atoms with E-state index >= 15 is 0 Å². The van der Waals surface area contributed by atoms with Crippen LogP contribution in [0.4, 0.5) is 0 Å². The molecular formula is C12H12ClN. The number of halogens is 1. The maximum atomic E-state index is 5.96. The molecular weight excluding hydrogens is 194 g/mol. The third-order valence-corrected chi connectivity index (χ3v) is 2.55. The summed E-state index contributed by atoms with van der Waals surface area (Å²) in [5, 5.41) is 1.96. The van der Waals surface area contributed by atoms with Crippen molar-refractivity contribution >= 4 is 22.5 Å². The van der Waals surface area contributed by atoms with Crippen LogP contribution in [0.3, 0.4) is 0 Å². The predicted molar refractivity (Wildman–Crippen MR) is 60.7 cm³/mol. The topological polar surface area (TPSA) is 12.9 Å². The zero-order valence-corrected chi connectivity index (χ0v) is 8.88. The van der Waals surface area contributed by atoms with E-state index in [0.717, 1.165) is 23.4 Å². The molecule has 0 bridgehead atoms. The van der Waals surface area contributed by atoms with Crippen molar-refractivity contribution in [2.24, 2.45) is 0 Å². The van der Waals surface area contributed by atoms with Crippen molar-refractivity contribution in [2.45, 2.75) is 19.8 Å². The maximum Gasteiger partial charge on any atom is 0.0705 e. The van der Waals surface area contributed by atoms with E-state index in [-0.39, 0.29) is 0 Å². The van der Waals surface area contributed by atoms with Gasteiger partial charge in [0.1, 0.15) is 0 Å². The molecule has 1 heterocycles. The van der Waals surface area contributed by atoms with Crippen molar-refractivity contribution in [3.63, 3.8) is 0 Å². The number of hydrogen-bond donors (Lipinski definition) is 0. The van der Waals surface area contributed by atoms with Gasteiger partial charge >= 0.3 is 0 Å². The summed E-state index contributed by atoms with van der Waals surface area (Å²) >= 11 is 5.96. The van der Waals surface area contributed by atoms with Crippen molar-refractivity contribution in [1.29, 1.82) is 0 Å². The number of fused-ring (bicyclic) bond motifs is 1. The Labute approximate surface area is 88.7 Å². The average Bonchev–Trinajstić information content (AvgIpc) is 2.19. The van der Waals surface area contributed by atoms with Crippen LogP contribution in [-0.4, -0.2) is 4.98 Å². The number of aryl methyl sites for hydroxylation is 1. The van der Waals surface area contributed by atoms with Crippen LogP contribution in [0, 0.1) is 0 Å². The lowest BCUT2D eigenvalue weighted by atomic mass is 10.1. The van der Waals surface area contributed by atoms with E-state index in [0.29, 0.717) is 0 Å². The van der Waals surface area contributed by atoms with E-state index in [1.807, 2.05) is 24.4 Å². The average molecular weight is 206 g/mol. The van der Waals surface area contributed by atoms with Gasteiger partial charge in [0.2, 0.25) is 0 Å². The molecule has 0 saturated carbocycles. The molecule has 1 aromatic carbocycles. The molecule has 0 saturated heterocycles. The number of rotatable bonds is 2. The Kier molecular flexibility index (Phi) is 2.69. The van der Waals surface area contributed by atoms with Gasteiger partial charge in [-0.3, -0.25) is 4.98 Å². The molecule has 0 amide bonds. The minimum atomic E-state index is 0.780. The van der Waals surface area contributed by atoms with Crippen molar-refractivity contribution in [1.82, 2.24) is 4.98 Å². The summed E-state index contributed by atoms with van der Waals surface area (Å²) in [5.74, 6) is 0. The highest BCUT2D eigenvalue weighted by Gasteiger charge is 2.01. The molecule has 2 heteroatoms. The molecule has 2 rings (SSSR count). The lowest BCUT2D eigenvalue weighted by Crippen LogP contribution is -1.87. The zero-order valence-electron chi connectivity index (χ0n) is 8.13. The van der Waals surface area contributed by atoms with Gasteiger partial charge in [0, 0.05) is 16.6 Å². The van der Waals surface area contributed by atoms with E-state index in [2.05, 4.69) is 18.0 Å². The van der Waals surface area contributed by atoms with Crippen molar-refractivity contribution in [3.8, 4) is 0 Å². The Bertz CT molecular complexity index is 451. The van der Waals surface area contributed by atoms with Crippen molar-refractivity contribution < 1.29 is 0 Å². The fourth-order valence-corrected chi connectivity index (χ4v) is 1.83. The number of hydrogen-bond acceptors (Lipinski definition) is 1. The zero-order chi connectivity index (χ0) is 9.97. The summed E-state index contributed by atoms with van der Waals surface area (Å²) in [4.78, 5) is 4.31. The van der Waals surface area contributed by atoms with Crippen LogP contribution in [0.15, 0.2) is 30.5 Å². The Morgan fingerprint density at radius 1 is 1.29 bits per heavy atom. The highest BCUT2D eigenvalue weighted by Crippen LogP contribution is 2.21. The summed E-state index contributed by atoms with van der Waals surface area (Å²) in [7, 11) is 0. The minimum Gasteiger partial charge on any atom is -0.256 e. The van der Waals surface area contributed by atoms with Gasteiger partial charge in [0.05, 0.1) is 5.52 Å². The molecule has 0 unspecified atom stereocenters. The van der Waals surface area contributed by atoms with Gasteiger partial charge < -0.3 is 0 Å². The van der Waals surface area contributed by atoms with Gasteiger partial charge in [-0.25, -0.2) is 0 Å². The molecule has 0 fully saturated rings. The minimum absolute atomic E-state index is 0.780. The fraction of sp³-hybridized carbons (Fsp3) is 0.250. The molecule has 0 N–H and O–H groups in total. The molecule has 0 atom stereocenters. The third kappa shape index (κ3) is 1.73.